The molecule has 0 bridgehead atoms. The average Bonchev–Trinajstić information content (AvgIpc) is 2.72. The third-order valence-corrected chi connectivity index (χ3v) is 4.38. The second-order valence-electron chi connectivity index (χ2n) is 6.13. The molecule has 0 atom stereocenters. The first-order valence-corrected chi connectivity index (χ1v) is 8.60. The molecule has 0 aliphatic heterocycles. The Kier molecular flexibility index (Phi) is 5.55. The van der Waals surface area contributed by atoms with Crippen LogP contribution in [0.3, 0.4) is 0 Å². The van der Waals surface area contributed by atoms with Gasteiger partial charge in [0.25, 0.3) is 0 Å². The summed E-state index contributed by atoms with van der Waals surface area (Å²) in [5.41, 5.74) is 3.56. The molecule has 0 heterocycles. The quantitative estimate of drug-likeness (QED) is 0.431. The summed E-state index contributed by atoms with van der Waals surface area (Å²) < 4.78 is 0. The molecule has 3 aromatic rings. The predicted molar refractivity (Wildman–Crippen MR) is 105 cm³/mol. The van der Waals surface area contributed by atoms with Gasteiger partial charge in [-0.1, -0.05) is 91.0 Å². The Labute approximate surface area is 153 Å². The molecule has 0 aliphatic carbocycles. The minimum atomic E-state index is -0.0506. The fourth-order valence-corrected chi connectivity index (χ4v) is 2.92. The van der Waals surface area contributed by atoms with Crippen molar-refractivity contribution < 1.29 is 9.59 Å². The zero-order chi connectivity index (χ0) is 18.4. The topological polar surface area (TPSA) is 34.1 Å². The van der Waals surface area contributed by atoms with Gasteiger partial charge in [-0.2, -0.15) is 0 Å². The zero-order valence-electron chi connectivity index (χ0n) is 14.7. The Morgan fingerprint density at radius 1 is 0.615 bits per heavy atom. The summed E-state index contributed by atoms with van der Waals surface area (Å²) in [5, 5.41) is 0. The Morgan fingerprint density at radius 2 is 1.04 bits per heavy atom. The van der Waals surface area contributed by atoms with Crippen molar-refractivity contribution in [3.63, 3.8) is 0 Å². The van der Waals surface area contributed by atoms with Crippen molar-refractivity contribution in [3.05, 3.63) is 113 Å². The molecule has 0 aromatic heterocycles. The number of allylic oxidation sites excluding steroid dienone is 2. The Morgan fingerprint density at radius 3 is 1.54 bits per heavy atom. The first-order chi connectivity index (χ1) is 12.7. The van der Waals surface area contributed by atoms with E-state index in [-0.39, 0.29) is 18.0 Å². The number of carbonyl (C=O) groups excluding carboxylic acids is 2. The molecule has 0 unspecified atom stereocenters. The van der Waals surface area contributed by atoms with E-state index >= 15 is 0 Å². The maximum atomic E-state index is 12.9. The molecule has 0 aliphatic rings. The number of hydrogen-bond donors (Lipinski definition) is 0. The van der Waals surface area contributed by atoms with Crippen LogP contribution in [0.15, 0.2) is 96.6 Å². The SMILES string of the molecule is CC(C(=O)c1ccccc1)=C(CC(=O)c1ccccc1)c1ccccc1. The van der Waals surface area contributed by atoms with Gasteiger partial charge in [0, 0.05) is 23.1 Å². The summed E-state index contributed by atoms with van der Waals surface area (Å²) in [5.74, 6) is -0.0463. The lowest BCUT2D eigenvalue weighted by atomic mass is 9.90. The van der Waals surface area contributed by atoms with Gasteiger partial charge in [0.15, 0.2) is 11.6 Å². The summed E-state index contributed by atoms with van der Waals surface area (Å²) in [7, 11) is 0. The first kappa shape index (κ1) is 17.6. The van der Waals surface area contributed by atoms with E-state index in [1.54, 1.807) is 31.2 Å². The van der Waals surface area contributed by atoms with E-state index in [4.69, 9.17) is 0 Å². The monoisotopic (exact) mass is 340 g/mol. The lowest BCUT2D eigenvalue weighted by Gasteiger charge is -2.12. The Hall–Kier alpha value is -3.26. The highest BCUT2D eigenvalue weighted by molar-refractivity contribution is 6.15. The van der Waals surface area contributed by atoms with Crippen LogP contribution in [-0.4, -0.2) is 11.6 Å². The van der Waals surface area contributed by atoms with Crippen LogP contribution in [0.25, 0.3) is 5.57 Å². The Bertz CT molecular complexity index is 924. The number of Topliss-reactive ketones (excluding diaryl/α,β-unsaturated/α-hetero) is 2. The van der Waals surface area contributed by atoms with E-state index < -0.39 is 0 Å². The molecule has 0 fully saturated rings. The molecule has 2 heteroatoms. The van der Waals surface area contributed by atoms with Gasteiger partial charge in [-0.05, 0) is 18.1 Å². The van der Waals surface area contributed by atoms with Crippen LogP contribution in [0.4, 0.5) is 0 Å². The van der Waals surface area contributed by atoms with Gasteiger partial charge in [-0.3, -0.25) is 9.59 Å². The van der Waals surface area contributed by atoms with Crippen LogP contribution >= 0.6 is 0 Å². The number of carbonyl (C=O) groups is 2. The van der Waals surface area contributed by atoms with Crippen molar-refractivity contribution >= 4 is 17.1 Å². The summed E-state index contributed by atoms with van der Waals surface area (Å²) in [4.78, 5) is 25.7. The summed E-state index contributed by atoms with van der Waals surface area (Å²) in [6.07, 6.45) is 0.193. The molecular weight excluding hydrogens is 320 g/mol. The van der Waals surface area contributed by atoms with Crippen LogP contribution in [0, 0.1) is 0 Å². The van der Waals surface area contributed by atoms with Crippen LogP contribution in [0.5, 0.6) is 0 Å². The molecule has 2 nitrogen and oxygen atoms in total. The first-order valence-electron chi connectivity index (χ1n) is 8.60. The molecule has 0 amide bonds. The molecule has 0 saturated carbocycles. The maximum Gasteiger partial charge on any atom is 0.189 e. The highest BCUT2D eigenvalue weighted by Crippen LogP contribution is 2.26. The molecule has 0 N–H and O–H groups in total. The van der Waals surface area contributed by atoms with Crippen molar-refractivity contribution in [2.45, 2.75) is 13.3 Å². The van der Waals surface area contributed by atoms with Crippen molar-refractivity contribution in [3.8, 4) is 0 Å². The number of benzene rings is 3. The third-order valence-electron chi connectivity index (χ3n) is 4.38. The number of hydrogen-bond acceptors (Lipinski definition) is 2. The van der Waals surface area contributed by atoms with Gasteiger partial charge < -0.3 is 0 Å². The molecule has 0 spiro atoms. The molecule has 3 aromatic carbocycles. The van der Waals surface area contributed by atoms with E-state index in [0.29, 0.717) is 16.7 Å². The fourth-order valence-electron chi connectivity index (χ4n) is 2.92. The van der Waals surface area contributed by atoms with Crippen molar-refractivity contribution in [1.82, 2.24) is 0 Å². The molecule has 0 radical (unpaired) electrons. The standard InChI is InChI=1S/C24H20O2/c1-18(24(26)21-15-9-4-10-16-21)22(19-11-5-2-6-12-19)17-23(25)20-13-7-3-8-14-20/h2-16H,17H2,1H3. The van der Waals surface area contributed by atoms with Crippen LogP contribution in [-0.2, 0) is 0 Å². The van der Waals surface area contributed by atoms with Crippen LogP contribution < -0.4 is 0 Å². The molecule has 128 valence electrons. The predicted octanol–water partition coefficient (Wildman–Crippen LogP) is 5.62. The number of ketones is 2. The van der Waals surface area contributed by atoms with Gasteiger partial charge in [0.05, 0.1) is 0 Å². The minimum Gasteiger partial charge on any atom is -0.294 e. The van der Waals surface area contributed by atoms with Gasteiger partial charge >= 0.3 is 0 Å². The second kappa shape index (κ2) is 8.21. The molecule has 0 saturated heterocycles. The highest BCUT2D eigenvalue weighted by Gasteiger charge is 2.18. The lowest BCUT2D eigenvalue weighted by molar-refractivity contribution is 0.0998. The molecule has 3 rings (SSSR count). The third kappa shape index (κ3) is 4.04. The van der Waals surface area contributed by atoms with E-state index in [1.807, 2.05) is 66.7 Å². The van der Waals surface area contributed by atoms with E-state index in [0.717, 1.165) is 11.1 Å². The smallest absolute Gasteiger partial charge is 0.189 e. The Balaban J connectivity index is 2.01. The van der Waals surface area contributed by atoms with Crippen molar-refractivity contribution in [1.29, 1.82) is 0 Å². The van der Waals surface area contributed by atoms with Crippen molar-refractivity contribution in [2.24, 2.45) is 0 Å². The maximum absolute atomic E-state index is 12.9. The van der Waals surface area contributed by atoms with Gasteiger partial charge in [0.2, 0.25) is 0 Å². The highest BCUT2D eigenvalue weighted by atomic mass is 16.1. The normalized spacial score (nSPS) is 11.6. The van der Waals surface area contributed by atoms with E-state index in [9.17, 15) is 9.59 Å². The minimum absolute atomic E-state index is 0.00432. The largest absolute Gasteiger partial charge is 0.294 e. The van der Waals surface area contributed by atoms with Crippen LogP contribution in [0.2, 0.25) is 0 Å². The van der Waals surface area contributed by atoms with Gasteiger partial charge in [-0.25, -0.2) is 0 Å². The lowest BCUT2D eigenvalue weighted by Crippen LogP contribution is -2.07. The van der Waals surface area contributed by atoms with E-state index in [1.165, 1.54) is 0 Å². The van der Waals surface area contributed by atoms with E-state index in [2.05, 4.69) is 0 Å². The second-order valence-corrected chi connectivity index (χ2v) is 6.13. The fraction of sp³-hybridized carbons (Fsp3) is 0.0833. The van der Waals surface area contributed by atoms with Gasteiger partial charge in [-0.15, -0.1) is 0 Å². The van der Waals surface area contributed by atoms with Crippen molar-refractivity contribution in [2.75, 3.05) is 0 Å². The number of rotatable bonds is 6. The summed E-state index contributed by atoms with van der Waals surface area (Å²) in [6.45, 7) is 1.80. The molecule has 26 heavy (non-hydrogen) atoms. The van der Waals surface area contributed by atoms with Gasteiger partial charge in [0.1, 0.15) is 0 Å². The molecular formula is C24H20O2. The zero-order valence-corrected chi connectivity index (χ0v) is 14.7. The summed E-state index contributed by atoms with van der Waals surface area (Å²) in [6, 6.07) is 28.0. The average molecular weight is 340 g/mol. The van der Waals surface area contributed by atoms with Crippen LogP contribution in [0.1, 0.15) is 39.6 Å². The summed E-state index contributed by atoms with van der Waals surface area (Å²) >= 11 is 0.